The molecule has 2 aromatic rings. The second kappa shape index (κ2) is 6.22. The molecule has 1 aliphatic rings. The van der Waals surface area contributed by atoms with Crippen LogP contribution in [-0.4, -0.2) is 18.9 Å². The molecule has 1 aliphatic carbocycles. The molecule has 0 saturated heterocycles. The summed E-state index contributed by atoms with van der Waals surface area (Å²) in [6, 6.07) is 19.2. The number of ether oxygens (including phenoxy) is 1. The number of Topliss-reactive ketones (excluding diaryl/α,β-unsaturated/α-hetero) is 1. The standard InChI is InChI=1S/C20H14N2O3/c1-25-19(24)15-9-7-13(8-10-15)16-17(20(16,11-21)12-22)18(23)14-5-3-2-4-6-14/h2-10,16-17H,1H3/t16?,17-/m1/s1. The van der Waals surface area contributed by atoms with Crippen molar-refractivity contribution in [1.82, 2.24) is 0 Å². The van der Waals surface area contributed by atoms with Crippen LogP contribution in [-0.2, 0) is 4.74 Å². The lowest BCUT2D eigenvalue weighted by atomic mass is 10.0. The molecule has 0 aromatic heterocycles. The molecule has 1 saturated carbocycles. The van der Waals surface area contributed by atoms with E-state index in [-0.39, 0.29) is 5.78 Å². The number of ketones is 1. The van der Waals surface area contributed by atoms with E-state index >= 15 is 0 Å². The lowest BCUT2D eigenvalue weighted by Gasteiger charge is -2.03. The zero-order valence-electron chi connectivity index (χ0n) is 13.5. The molecule has 2 aromatic carbocycles. The van der Waals surface area contributed by atoms with Crippen LogP contribution in [0.15, 0.2) is 54.6 Å². The van der Waals surface area contributed by atoms with Gasteiger partial charge in [-0.2, -0.15) is 10.5 Å². The molecule has 5 nitrogen and oxygen atoms in total. The van der Waals surface area contributed by atoms with Crippen molar-refractivity contribution in [3.63, 3.8) is 0 Å². The SMILES string of the molecule is COC(=O)c1ccc(C2[C@H](C(=O)c3ccccc3)C2(C#N)C#N)cc1. The van der Waals surface area contributed by atoms with Gasteiger partial charge in [-0.15, -0.1) is 0 Å². The van der Waals surface area contributed by atoms with Crippen molar-refractivity contribution in [3.8, 4) is 12.1 Å². The summed E-state index contributed by atoms with van der Waals surface area (Å²) in [4.78, 5) is 24.3. The van der Waals surface area contributed by atoms with E-state index in [4.69, 9.17) is 0 Å². The normalized spacial score (nSPS) is 20.0. The van der Waals surface area contributed by atoms with Crippen molar-refractivity contribution >= 4 is 11.8 Å². The van der Waals surface area contributed by atoms with Gasteiger partial charge in [0.1, 0.15) is 0 Å². The Balaban J connectivity index is 1.95. The largest absolute Gasteiger partial charge is 0.465 e. The van der Waals surface area contributed by atoms with Gasteiger partial charge in [0.15, 0.2) is 11.2 Å². The van der Waals surface area contributed by atoms with Gasteiger partial charge in [0.2, 0.25) is 0 Å². The van der Waals surface area contributed by atoms with Crippen molar-refractivity contribution in [1.29, 1.82) is 10.5 Å². The number of methoxy groups -OCH3 is 1. The topological polar surface area (TPSA) is 90.9 Å². The highest BCUT2D eigenvalue weighted by atomic mass is 16.5. The molecule has 3 rings (SSSR count). The van der Waals surface area contributed by atoms with Crippen molar-refractivity contribution < 1.29 is 14.3 Å². The van der Waals surface area contributed by atoms with Gasteiger partial charge < -0.3 is 4.74 Å². The van der Waals surface area contributed by atoms with Crippen LogP contribution in [0.2, 0.25) is 0 Å². The summed E-state index contributed by atoms with van der Waals surface area (Å²) in [6.07, 6.45) is 0. The number of esters is 1. The second-order valence-electron chi connectivity index (χ2n) is 5.89. The molecule has 0 amide bonds. The fourth-order valence-corrected chi connectivity index (χ4v) is 3.23. The van der Waals surface area contributed by atoms with E-state index in [2.05, 4.69) is 4.74 Å². The number of hydrogen-bond acceptors (Lipinski definition) is 5. The van der Waals surface area contributed by atoms with E-state index in [0.717, 1.165) is 0 Å². The van der Waals surface area contributed by atoms with Gasteiger partial charge in [-0.1, -0.05) is 42.5 Å². The van der Waals surface area contributed by atoms with Crippen molar-refractivity contribution in [2.75, 3.05) is 7.11 Å². The van der Waals surface area contributed by atoms with E-state index in [1.807, 2.05) is 12.1 Å². The number of nitrogens with zero attached hydrogens (tertiary/aromatic N) is 2. The minimum atomic E-state index is -1.38. The highest BCUT2D eigenvalue weighted by Crippen LogP contribution is 2.65. The Hall–Kier alpha value is -3.44. The lowest BCUT2D eigenvalue weighted by molar-refractivity contribution is 0.0600. The summed E-state index contributed by atoms with van der Waals surface area (Å²) in [6.45, 7) is 0. The van der Waals surface area contributed by atoms with Gasteiger partial charge in [0, 0.05) is 11.5 Å². The smallest absolute Gasteiger partial charge is 0.337 e. The Morgan fingerprint density at radius 1 is 0.960 bits per heavy atom. The Bertz CT molecular complexity index is 891. The van der Waals surface area contributed by atoms with Crippen molar-refractivity contribution in [3.05, 3.63) is 71.3 Å². The van der Waals surface area contributed by atoms with Gasteiger partial charge in [0.05, 0.1) is 30.7 Å². The summed E-state index contributed by atoms with van der Waals surface area (Å²) >= 11 is 0. The maximum Gasteiger partial charge on any atom is 0.337 e. The Morgan fingerprint density at radius 2 is 1.56 bits per heavy atom. The number of rotatable bonds is 4. The number of carbonyl (C=O) groups is 2. The molecular weight excluding hydrogens is 316 g/mol. The second-order valence-corrected chi connectivity index (χ2v) is 5.89. The molecule has 1 fully saturated rings. The van der Waals surface area contributed by atoms with Gasteiger partial charge in [-0.25, -0.2) is 4.79 Å². The number of carbonyl (C=O) groups excluding carboxylic acids is 2. The third-order valence-electron chi connectivity index (χ3n) is 4.61. The molecule has 0 aliphatic heterocycles. The van der Waals surface area contributed by atoms with Gasteiger partial charge in [-0.3, -0.25) is 4.79 Å². The van der Waals surface area contributed by atoms with E-state index in [1.165, 1.54) is 7.11 Å². The van der Waals surface area contributed by atoms with Crippen LogP contribution in [0.1, 0.15) is 32.2 Å². The number of nitriles is 2. The summed E-state index contributed by atoms with van der Waals surface area (Å²) in [5, 5.41) is 19.1. The van der Waals surface area contributed by atoms with Crippen LogP contribution < -0.4 is 0 Å². The molecule has 1 unspecified atom stereocenters. The van der Waals surface area contributed by atoms with Crippen LogP contribution in [0, 0.1) is 34.0 Å². The third kappa shape index (κ3) is 2.56. The van der Waals surface area contributed by atoms with Gasteiger partial charge in [-0.05, 0) is 17.7 Å². The summed E-state index contributed by atoms with van der Waals surface area (Å²) in [7, 11) is 1.29. The summed E-state index contributed by atoms with van der Waals surface area (Å²) < 4.78 is 4.65. The van der Waals surface area contributed by atoms with Crippen LogP contribution in [0.4, 0.5) is 0 Å². The minimum Gasteiger partial charge on any atom is -0.465 e. The van der Waals surface area contributed by atoms with E-state index in [1.54, 1.807) is 54.6 Å². The predicted octanol–water partition coefficient (Wildman–Crippen LogP) is 3.10. The molecule has 0 heterocycles. The number of hydrogen-bond donors (Lipinski definition) is 0. The van der Waals surface area contributed by atoms with E-state index in [9.17, 15) is 20.1 Å². The first-order valence-electron chi connectivity index (χ1n) is 7.69. The molecule has 25 heavy (non-hydrogen) atoms. The lowest BCUT2D eigenvalue weighted by Crippen LogP contribution is -2.08. The Labute approximate surface area is 145 Å². The molecule has 2 atom stereocenters. The van der Waals surface area contributed by atoms with Crippen LogP contribution >= 0.6 is 0 Å². The van der Waals surface area contributed by atoms with Crippen LogP contribution in [0.5, 0.6) is 0 Å². The summed E-state index contributed by atoms with van der Waals surface area (Å²) in [5.74, 6) is -1.91. The van der Waals surface area contributed by atoms with Crippen LogP contribution in [0.25, 0.3) is 0 Å². The van der Waals surface area contributed by atoms with Crippen LogP contribution in [0.3, 0.4) is 0 Å². The highest BCUT2D eigenvalue weighted by molar-refractivity contribution is 6.02. The average molecular weight is 330 g/mol. The molecule has 5 heteroatoms. The predicted molar refractivity (Wildman–Crippen MR) is 88.4 cm³/mol. The van der Waals surface area contributed by atoms with Gasteiger partial charge in [0.25, 0.3) is 0 Å². The molecule has 0 radical (unpaired) electrons. The first-order valence-corrected chi connectivity index (χ1v) is 7.69. The quantitative estimate of drug-likeness (QED) is 0.634. The molecular formula is C20H14N2O3. The van der Waals surface area contributed by atoms with E-state index < -0.39 is 23.2 Å². The third-order valence-corrected chi connectivity index (χ3v) is 4.61. The van der Waals surface area contributed by atoms with Crippen molar-refractivity contribution in [2.24, 2.45) is 11.3 Å². The maximum absolute atomic E-state index is 12.8. The van der Waals surface area contributed by atoms with Crippen molar-refractivity contribution in [2.45, 2.75) is 5.92 Å². The molecule has 0 spiro atoms. The fourth-order valence-electron chi connectivity index (χ4n) is 3.23. The minimum absolute atomic E-state index is 0.217. The fraction of sp³-hybridized carbons (Fsp3) is 0.200. The molecule has 0 N–H and O–H groups in total. The number of benzene rings is 2. The molecule has 0 bridgehead atoms. The Kier molecular flexibility index (Phi) is 4.09. The Morgan fingerprint density at radius 3 is 2.08 bits per heavy atom. The summed E-state index contributed by atoms with van der Waals surface area (Å²) in [5.41, 5.74) is 0.165. The molecule has 122 valence electrons. The van der Waals surface area contributed by atoms with Gasteiger partial charge >= 0.3 is 5.97 Å². The average Bonchev–Trinajstić information content (AvgIpc) is 3.36. The monoisotopic (exact) mass is 330 g/mol. The highest BCUT2D eigenvalue weighted by Gasteiger charge is 2.70. The van der Waals surface area contributed by atoms with E-state index in [0.29, 0.717) is 16.7 Å². The zero-order valence-corrected chi connectivity index (χ0v) is 13.5. The first kappa shape index (κ1) is 16.4. The first-order chi connectivity index (χ1) is 12.1. The zero-order chi connectivity index (χ0) is 18.0. The maximum atomic E-state index is 12.8.